The highest BCUT2D eigenvalue weighted by Gasteiger charge is 2.30. The van der Waals surface area contributed by atoms with Crippen molar-refractivity contribution in [1.29, 1.82) is 0 Å². The zero-order chi connectivity index (χ0) is 21.3. The maximum atomic E-state index is 12.8. The Morgan fingerprint density at radius 3 is 2.73 bits per heavy atom. The van der Waals surface area contributed by atoms with Crippen molar-refractivity contribution >= 4 is 27.9 Å². The lowest BCUT2D eigenvalue weighted by molar-refractivity contribution is -0.137. The molecule has 0 bridgehead atoms. The first-order chi connectivity index (χ1) is 14.3. The smallest absolute Gasteiger partial charge is 0.332 e. The maximum absolute atomic E-state index is 12.8. The molecule has 1 unspecified atom stereocenters. The summed E-state index contributed by atoms with van der Waals surface area (Å²) in [6.07, 6.45) is 2.45. The number of aryl methyl sites for hydroxylation is 1. The van der Waals surface area contributed by atoms with Crippen LogP contribution in [0.3, 0.4) is 0 Å². The van der Waals surface area contributed by atoms with Gasteiger partial charge >= 0.3 is 6.18 Å². The zero-order valence-corrected chi connectivity index (χ0v) is 17.2. The number of Topliss-reactive ketones (excluding diaryl/α,β-unsaturated/α-hetero) is 1. The summed E-state index contributed by atoms with van der Waals surface area (Å²) in [7, 11) is 0. The van der Waals surface area contributed by atoms with E-state index in [-0.39, 0.29) is 11.7 Å². The molecule has 5 nitrogen and oxygen atoms in total. The van der Waals surface area contributed by atoms with Crippen LogP contribution in [-0.2, 0) is 19.1 Å². The minimum atomic E-state index is -4.36. The van der Waals surface area contributed by atoms with Crippen LogP contribution in [-0.4, -0.2) is 20.5 Å². The van der Waals surface area contributed by atoms with E-state index in [4.69, 9.17) is 0 Å². The Kier molecular flexibility index (Phi) is 5.64. The highest BCUT2D eigenvalue weighted by molar-refractivity contribution is 7.15. The lowest BCUT2D eigenvalue weighted by atomic mass is 9.97. The van der Waals surface area contributed by atoms with Crippen molar-refractivity contribution in [3.8, 4) is 0 Å². The Hall–Kier alpha value is -2.68. The van der Waals surface area contributed by atoms with Crippen LogP contribution in [0.2, 0.25) is 0 Å². The quantitative estimate of drug-likeness (QED) is 0.497. The monoisotopic (exact) mass is 434 g/mol. The molecule has 2 aromatic heterocycles. The Bertz CT molecular complexity index is 1040. The van der Waals surface area contributed by atoms with Crippen molar-refractivity contribution in [3.05, 3.63) is 58.4 Å². The molecule has 0 spiro atoms. The number of nitrogens with one attached hydrogen (secondary N) is 1. The maximum Gasteiger partial charge on any atom is 0.416 e. The SMILES string of the molecule is CC(CC(=O)c1cnn2c1CCCC2)c1cnc(Nc2ccc(C(F)(F)F)cc2)s1. The largest absolute Gasteiger partial charge is 0.416 e. The topological polar surface area (TPSA) is 59.8 Å². The number of halogens is 3. The fourth-order valence-corrected chi connectivity index (χ4v) is 4.47. The number of anilines is 2. The van der Waals surface area contributed by atoms with E-state index in [9.17, 15) is 18.0 Å². The Labute approximate surface area is 175 Å². The predicted molar refractivity (Wildman–Crippen MR) is 109 cm³/mol. The van der Waals surface area contributed by atoms with Gasteiger partial charge < -0.3 is 5.32 Å². The molecule has 0 saturated heterocycles. The number of hydrogen-bond acceptors (Lipinski definition) is 5. The molecule has 9 heteroatoms. The van der Waals surface area contributed by atoms with Gasteiger partial charge in [-0.2, -0.15) is 18.3 Å². The number of hydrogen-bond donors (Lipinski definition) is 1. The molecule has 4 rings (SSSR count). The highest BCUT2D eigenvalue weighted by atomic mass is 32.1. The molecule has 30 heavy (non-hydrogen) atoms. The molecule has 1 aliphatic rings. The van der Waals surface area contributed by atoms with Gasteiger partial charge in [-0.05, 0) is 49.4 Å². The molecule has 1 aromatic carbocycles. The second kappa shape index (κ2) is 8.22. The second-order valence-electron chi connectivity index (χ2n) is 7.48. The molecule has 158 valence electrons. The number of fused-ring (bicyclic) bond motifs is 1. The van der Waals surface area contributed by atoms with E-state index in [0.717, 1.165) is 48.5 Å². The molecule has 0 fully saturated rings. The number of ketones is 1. The summed E-state index contributed by atoms with van der Waals surface area (Å²) in [6.45, 7) is 2.84. The number of alkyl halides is 3. The molecule has 3 aromatic rings. The zero-order valence-electron chi connectivity index (χ0n) is 16.4. The van der Waals surface area contributed by atoms with Gasteiger partial charge in [0.25, 0.3) is 0 Å². The fraction of sp³-hybridized carbons (Fsp3) is 0.381. The minimum Gasteiger partial charge on any atom is -0.332 e. The van der Waals surface area contributed by atoms with E-state index >= 15 is 0 Å². The van der Waals surface area contributed by atoms with E-state index in [0.29, 0.717) is 22.8 Å². The van der Waals surface area contributed by atoms with Gasteiger partial charge in [0, 0.05) is 35.4 Å². The summed E-state index contributed by atoms with van der Waals surface area (Å²) < 4.78 is 40.0. The normalized spacial score (nSPS) is 14.9. The van der Waals surface area contributed by atoms with Gasteiger partial charge in [0.2, 0.25) is 0 Å². The number of thiazole rings is 1. The van der Waals surface area contributed by atoms with Crippen LogP contribution >= 0.6 is 11.3 Å². The molecule has 3 heterocycles. The van der Waals surface area contributed by atoms with Crippen molar-refractivity contribution in [2.75, 3.05) is 5.32 Å². The standard InChI is InChI=1S/C21H21F3N4OS/c1-13(10-18(29)16-11-26-28-9-3-2-4-17(16)28)19-12-25-20(30-19)27-15-7-5-14(6-8-15)21(22,23)24/h5-8,11-13H,2-4,9-10H2,1H3,(H,25,27). The summed E-state index contributed by atoms with van der Waals surface area (Å²) in [5, 5.41) is 7.93. The van der Waals surface area contributed by atoms with Gasteiger partial charge in [0.15, 0.2) is 10.9 Å². The molecular weight excluding hydrogens is 413 g/mol. The van der Waals surface area contributed by atoms with Gasteiger partial charge in [-0.3, -0.25) is 9.48 Å². The second-order valence-corrected chi connectivity index (χ2v) is 8.54. The molecule has 0 aliphatic carbocycles. The summed E-state index contributed by atoms with van der Waals surface area (Å²) >= 11 is 1.40. The lowest BCUT2D eigenvalue weighted by Gasteiger charge is -2.15. The number of aromatic nitrogens is 3. The molecule has 1 aliphatic heterocycles. The van der Waals surface area contributed by atoms with Crippen molar-refractivity contribution < 1.29 is 18.0 Å². The summed E-state index contributed by atoms with van der Waals surface area (Å²) in [6, 6.07) is 4.82. The van der Waals surface area contributed by atoms with Crippen LogP contribution in [0.4, 0.5) is 24.0 Å². The van der Waals surface area contributed by atoms with Gasteiger partial charge in [0.1, 0.15) is 0 Å². The van der Waals surface area contributed by atoms with Crippen molar-refractivity contribution in [2.45, 2.75) is 51.2 Å². The first kappa shape index (κ1) is 20.6. The third-order valence-corrected chi connectivity index (χ3v) is 6.39. The average Bonchev–Trinajstić information content (AvgIpc) is 3.35. The summed E-state index contributed by atoms with van der Waals surface area (Å²) in [4.78, 5) is 18.0. The van der Waals surface area contributed by atoms with Crippen molar-refractivity contribution in [1.82, 2.24) is 14.8 Å². The minimum absolute atomic E-state index is 0.0164. The van der Waals surface area contributed by atoms with E-state index in [1.807, 2.05) is 11.6 Å². The number of rotatable bonds is 6. The first-order valence-corrected chi connectivity index (χ1v) is 10.6. The first-order valence-electron chi connectivity index (χ1n) is 9.79. The Morgan fingerprint density at radius 2 is 2.00 bits per heavy atom. The predicted octanol–water partition coefficient (Wildman–Crippen LogP) is 5.81. The lowest BCUT2D eigenvalue weighted by Crippen LogP contribution is -2.14. The van der Waals surface area contributed by atoms with Crippen LogP contribution in [0.25, 0.3) is 0 Å². The van der Waals surface area contributed by atoms with Gasteiger partial charge in [-0.15, -0.1) is 11.3 Å². The van der Waals surface area contributed by atoms with Crippen molar-refractivity contribution in [3.63, 3.8) is 0 Å². The highest BCUT2D eigenvalue weighted by Crippen LogP contribution is 2.33. The van der Waals surface area contributed by atoms with Crippen molar-refractivity contribution in [2.24, 2.45) is 0 Å². The molecule has 1 N–H and O–H groups in total. The molecule has 0 saturated carbocycles. The van der Waals surface area contributed by atoms with Crippen LogP contribution < -0.4 is 5.32 Å². The number of nitrogens with zero attached hydrogens (tertiary/aromatic N) is 3. The van der Waals surface area contributed by atoms with E-state index < -0.39 is 11.7 Å². The van der Waals surface area contributed by atoms with Gasteiger partial charge in [-0.1, -0.05) is 6.92 Å². The van der Waals surface area contributed by atoms with E-state index in [1.165, 1.54) is 23.5 Å². The number of benzene rings is 1. The molecular formula is C21H21F3N4OS. The summed E-state index contributed by atoms with van der Waals surface area (Å²) in [5.41, 5.74) is 1.59. The summed E-state index contributed by atoms with van der Waals surface area (Å²) in [5.74, 6) is 0.0635. The van der Waals surface area contributed by atoms with Crippen LogP contribution in [0.1, 0.15) is 58.6 Å². The van der Waals surface area contributed by atoms with E-state index in [2.05, 4.69) is 15.4 Å². The van der Waals surface area contributed by atoms with Crippen LogP contribution in [0.15, 0.2) is 36.7 Å². The van der Waals surface area contributed by atoms with Gasteiger partial charge in [0.05, 0.1) is 17.3 Å². The molecule has 0 amide bonds. The third kappa shape index (κ3) is 4.40. The average molecular weight is 434 g/mol. The number of carbonyl (C=O) groups is 1. The molecule has 0 radical (unpaired) electrons. The number of carbonyl (C=O) groups excluding carboxylic acids is 1. The third-order valence-electron chi connectivity index (χ3n) is 5.25. The van der Waals surface area contributed by atoms with E-state index in [1.54, 1.807) is 12.4 Å². The van der Waals surface area contributed by atoms with Crippen LogP contribution in [0.5, 0.6) is 0 Å². The fourth-order valence-electron chi connectivity index (χ4n) is 3.58. The molecule has 1 atom stereocenters. The van der Waals surface area contributed by atoms with Crippen LogP contribution in [0, 0.1) is 0 Å². The Balaban J connectivity index is 1.40. The Morgan fingerprint density at radius 1 is 1.23 bits per heavy atom. The van der Waals surface area contributed by atoms with Gasteiger partial charge in [-0.25, -0.2) is 4.98 Å².